The number of rotatable bonds is 2. The summed E-state index contributed by atoms with van der Waals surface area (Å²) < 4.78 is 0. The predicted octanol–water partition coefficient (Wildman–Crippen LogP) is 0.436. The van der Waals surface area contributed by atoms with E-state index in [1.807, 2.05) is 7.05 Å². The van der Waals surface area contributed by atoms with Gasteiger partial charge >= 0.3 is 6.03 Å². The molecule has 0 unspecified atom stereocenters. The van der Waals surface area contributed by atoms with Gasteiger partial charge in [-0.25, -0.2) is 4.79 Å². The Morgan fingerprint density at radius 2 is 1.81 bits per heavy atom. The van der Waals surface area contributed by atoms with E-state index in [0.717, 1.165) is 12.8 Å². The standard InChI is InChI=1S/C18H20N4O4/c1-20-14-7-4-12(16(20)24)8-21(9-14)17(25)11-2-5-13(6-3-11)22-10-15(23)19-18(22)26/h2-3,5-6,12,14H,4,7-10H2,1H3,(H,19,23,26)/t12-,14+/m1/s1. The van der Waals surface area contributed by atoms with Crippen LogP contribution in [-0.4, -0.2) is 66.3 Å². The fraction of sp³-hybridized carbons (Fsp3) is 0.444. The Morgan fingerprint density at radius 3 is 2.46 bits per heavy atom. The van der Waals surface area contributed by atoms with Crippen LogP contribution in [0, 0.1) is 5.92 Å². The molecule has 8 nitrogen and oxygen atoms in total. The average molecular weight is 356 g/mol. The van der Waals surface area contributed by atoms with E-state index in [1.54, 1.807) is 34.1 Å². The molecule has 4 fully saturated rings. The molecule has 1 aromatic carbocycles. The van der Waals surface area contributed by atoms with Crippen LogP contribution in [0.3, 0.4) is 0 Å². The number of anilines is 1. The highest BCUT2D eigenvalue weighted by atomic mass is 16.2. The molecule has 4 saturated heterocycles. The molecule has 0 spiro atoms. The monoisotopic (exact) mass is 356 g/mol. The highest BCUT2D eigenvalue weighted by molar-refractivity contribution is 6.12. The number of nitrogens with one attached hydrogen (secondary N) is 1. The Hall–Kier alpha value is -2.90. The second-order valence-corrected chi connectivity index (χ2v) is 7.07. The number of fused-ring (bicyclic) bond motifs is 4. The number of carbonyl (C=O) groups excluding carboxylic acids is 4. The second kappa shape index (κ2) is 6.12. The molecule has 136 valence electrons. The van der Waals surface area contributed by atoms with Gasteiger partial charge in [-0.2, -0.15) is 0 Å². The maximum absolute atomic E-state index is 12.9. The molecule has 26 heavy (non-hydrogen) atoms. The molecule has 0 radical (unpaired) electrons. The summed E-state index contributed by atoms with van der Waals surface area (Å²) in [4.78, 5) is 53.0. The van der Waals surface area contributed by atoms with Crippen molar-refractivity contribution in [2.45, 2.75) is 18.9 Å². The minimum atomic E-state index is -0.459. The predicted molar refractivity (Wildman–Crippen MR) is 92.5 cm³/mol. The number of piperidine rings is 1. The fourth-order valence-electron chi connectivity index (χ4n) is 3.94. The molecule has 8 heteroatoms. The summed E-state index contributed by atoms with van der Waals surface area (Å²) in [6, 6.07) is 6.26. The first-order chi connectivity index (χ1) is 12.4. The summed E-state index contributed by atoms with van der Waals surface area (Å²) in [5.74, 6) is -0.458. The third-order valence-corrected chi connectivity index (χ3v) is 5.47. The molecule has 1 aromatic rings. The Balaban J connectivity index is 1.51. The molecule has 1 N–H and O–H groups in total. The summed E-state index contributed by atoms with van der Waals surface area (Å²) in [6.45, 7) is 0.974. The number of likely N-dealkylation sites (N-methyl/N-ethyl adjacent to an activating group) is 1. The zero-order valence-electron chi connectivity index (χ0n) is 14.5. The minimum absolute atomic E-state index is 0.0178. The number of nitrogens with zero attached hydrogens (tertiary/aromatic N) is 3. The first-order valence-electron chi connectivity index (χ1n) is 8.71. The molecule has 4 aliphatic rings. The van der Waals surface area contributed by atoms with Crippen LogP contribution in [0.25, 0.3) is 0 Å². The van der Waals surface area contributed by atoms with E-state index in [1.165, 1.54) is 4.90 Å². The summed E-state index contributed by atoms with van der Waals surface area (Å²) in [7, 11) is 1.81. The number of hydrogen-bond acceptors (Lipinski definition) is 4. The van der Waals surface area contributed by atoms with E-state index in [9.17, 15) is 19.2 Å². The highest BCUT2D eigenvalue weighted by Gasteiger charge is 2.40. The van der Waals surface area contributed by atoms with Gasteiger partial charge in [-0.05, 0) is 37.1 Å². The Labute approximate surface area is 150 Å². The summed E-state index contributed by atoms with van der Waals surface area (Å²) >= 11 is 0. The number of benzene rings is 1. The SMILES string of the molecule is CN1C(=O)[C@@H]2CC[C@H]1CN(C(=O)c1ccc(N3CC(=O)NC3=O)cc1)C2. The third kappa shape index (κ3) is 2.71. The number of imide groups is 1. The largest absolute Gasteiger partial charge is 0.341 e. The van der Waals surface area contributed by atoms with Crippen LogP contribution in [0.1, 0.15) is 23.2 Å². The lowest BCUT2D eigenvalue weighted by atomic mass is 9.95. The van der Waals surface area contributed by atoms with Crippen LogP contribution < -0.4 is 10.2 Å². The first-order valence-corrected chi connectivity index (χ1v) is 8.71. The molecule has 5 amide bonds. The van der Waals surface area contributed by atoms with Crippen molar-refractivity contribution < 1.29 is 19.2 Å². The summed E-state index contributed by atoms with van der Waals surface area (Å²) in [5.41, 5.74) is 1.08. The van der Waals surface area contributed by atoms with Crippen molar-refractivity contribution in [2.24, 2.45) is 5.92 Å². The van der Waals surface area contributed by atoms with Crippen LogP contribution >= 0.6 is 0 Å². The van der Waals surface area contributed by atoms with Crippen LogP contribution in [-0.2, 0) is 9.59 Å². The zero-order chi connectivity index (χ0) is 18.4. The maximum Gasteiger partial charge on any atom is 0.329 e. The van der Waals surface area contributed by atoms with Gasteiger partial charge in [0.1, 0.15) is 6.54 Å². The zero-order valence-corrected chi connectivity index (χ0v) is 14.5. The number of carbonyl (C=O) groups is 4. The lowest BCUT2D eigenvalue weighted by Crippen LogP contribution is -2.45. The van der Waals surface area contributed by atoms with Crippen molar-refractivity contribution in [3.8, 4) is 0 Å². The van der Waals surface area contributed by atoms with Crippen LogP contribution in [0.5, 0.6) is 0 Å². The maximum atomic E-state index is 12.9. The number of urea groups is 1. The molecule has 4 aliphatic heterocycles. The quantitative estimate of drug-likeness (QED) is 0.779. The van der Waals surface area contributed by atoms with E-state index in [2.05, 4.69) is 5.32 Å². The second-order valence-electron chi connectivity index (χ2n) is 7.07. The van der Waals surface area contributed by atoms with Crippen molar-refractivity contribution >= 4 is 29.4 Å². The van der Waals surface area contributed by atoms with Crippen molar-refractivity contribution in [1.29, 1.82) is 0 Å². The van der Waals surface area contributed by atoms with Gasteiger partial charge in [-0.1, -0.05) is 0 Å². The van der Waals surface area contributed by atoms with Crippen molar-refractivity contribution in [2.75, 3.05) is 31.6 Å². The van der Waals surface area contributed by atoms with Gasteiger partial charge in [0.25, 0.3) is 5.91 Å². The van der Waals surface area contributed by atoms with E-state index in [0.29, 0.717) is 24.3 Å². The molecule has 0 aromatic heterocycles. The third-order valence-electron chi connectivity index (χ3n) is 5.47. The van der Waals surface area contributed by atoms with Crippen LogP contribution in [0.15, 0.2) is 24.3 Å². The van der Waals surface area contributed by atoms with Gasteiger partial charge in [0.05, 0.1) is 5.92 Å². The number of amides is 5. The van der Waals surface area contributed by atoms with Crippen LogP contribution in [0.2, 0.25) is 0 Å². The molecule has 2 atom stereocenters. The molecular weight excluding hydrogens is 336 g/mol. The smallest absolute Gasteiger partial charge is 0.329 e. The number of hydrogen-bond donors (Lipinski definition) is 1. The van der Waals surface area contributed by atoms with E-state index in [-0.39, 0.29) is 36.2 Å². The summed E-state index contributed by atoms with van der Waals surface area (Å²) in [5, 5.41) is 2.22. The Bertz CT molecular complexity index is 791. The average Bonchev–Trinajstić information content (AvgIpc) is 2.81. The molecular formula is C18H20N4O4. The molecule has 2 bridgehead atoms. The highest BCUT2D eigenvalue weighted by Crippen LogP contribution is 2.29. The van der Waals surface area contributed by atoms with E-state index >= 15 is 0 Å². The van der Waals surface area contributed by atoms with E-state index < -0.39 is 6.03 Å². The van der Waals surface area contributed by atoms with Crippen molar-refractivity contribution in [3.05, 3.63) is 29.8 Å². The van der Waals surface area contributed by atoms with Crippen molar-refractivity contribution in [1.82, 2.24) is 15.1 Å². The Morgan fingerprint density at radius 1 is 1.08 bits per heavy atom. The van der Waals surface area contributed by atoms with Gasteiger partial charge in [0.15, 0.2) is 0 Å². The molecule has 4 heterocycles. The van der Waals surface area contributed by atoms with E-state index in [4.69, 9.17) is 0 Å². The molecule has 0 aliphatic carbocycles. The summed E-state index contributed by atoms with van der Waals surface area (Å²) in [6.07, 6.45) is 1.75. The van der Waals surface area contributed by atoms with Gasteiger partial charge in [0.2, 0.25) is 11.8 Å². The van der Waals surface area contributed by atoms with Gasteiger partial charge < -0.3 is 9.80 Å². The van der Waals surface area contributed by atoms with Crippen LogP contribution in [0.4, 0.5) is 10.5 Å². The topological polar surface area (TPSA) is 90.0 Å². The van der Waals surface area contributed by atoms with Crippen molar-refractivity contribution in [3.63, 3.8) is 0 Å². The fourth-order valence-corrected chi connectivity index (χ4v) is 3.94. The lowest BCUT2D eigenvalue weighted by molar-refractivity contribution is -0.138. The first kappa shape index (κ1) is 16.6. The minimum Gasteiger partial charge on any atom is -0.341 e. The molecule has 0 saturated carbocycles. The van der Waals surface area contributed by atoms with Gasteiger partial charge in [-0.3, -0.25) is 24.6 Å². The van der Waals surface area contributed by atoms with Gasteiger partial charge in [0, 0.05) is 37.4 Å². The lowest BCUT2D eigenvalue weighted by Gasteiger charge is -2.32. The Kier molecular flexibility index (Phi) is 3.90. The van der Waals surface area contributed by atoms with Gasteiger partial charge in [-0.15, -0.1) is 0 Å². The normalized spacial score (nSPS) is 25.6. The molecule has 5 rings (SSSR count).